The van der Waals surface area contributed by atoms with Gasteiger partial charge in [0.25, 0.3) is 0 Å². The first-order valence-electron chi connectivity index (χ1n) is 14.5. The largest absolute Gasteiger partial charge is 0.494 e. The molecule has 0 N–H and O–H groups in total. The van der Waals surface area contributed by atoms with E-state index in [2.05, 4.69) is 13.5 Å². The zero-order valence-corrected chi connectivity index (χ0v) is 23.0. The number of esters is 2. The van der Waals surface area contributed by atoms with Gasteiger partial charge in [-0.3, -0.25) is 0 Å². The molecule has 1 saturated carbocycles. The Balaban J connectivity index is 1.37. The Morgan fingerprint density at radius 2 is 1.39 bits per heavy atom. The van der Waals surface area contributed by atoms with Gasteiger partial charge in [-0.05, 0) is 99.4 Å². The lowest BCUT2D eigenvalue weighted by atomic mass is 9.84. The number of carbonyl (C=O) groups is 2. The van der Waals surface area contributed by atoms with Gasteiger partial charge in [-0.1, -0.05) is 51.5 Å². The van der Waals surface area contributed by atoms with Gasteiger partial charge in [0.05, 0.1) is 17.7 Å². The topological polar surface area (TPSA) is 61.8 Å². The lowest BCUT2D eigenvalue weighted by Crippen LogP contribution is -2.24. The lowest BCUT2D eigenvalue weighted by Gasteiger charge is -2.28. The molecule has 206 valence electrons. The van der Waals surface area contributed by atoms with Crippen LogP contribution in [-0.2, 0) is 4.74 Å². The summed E-state index contributed by atoms with van der Waals surface area (Å²) in [5, 5.41) is 0. The van der Waals surface area contributed by atoms with Crippen LogP contribution in [0.3, 0.4) is 0 Å². The standard InChI is InChI=1S/C33H44O5/c1-3-5-7-8-9-11-25-36-29-21-15-27(16-22-29)32(34)38-31-23-17-28(18-24-31)33(35)37-30-19-13-26(14-20-30)12-10-6-4-2/h4,15-18,21-24,26,30H,2-3,5-14,19-20,25H2,1H3. The quantitative estimate of drug-likeness (QED) is 0.0958. The molecule has 1 aliphatic rings. The van der Waals surface area contributed by atoms with E-state index in [0.29, 0.717) is 23.5 Å². The highest BCUT2D eigenvalue weighted by molar-refractivity contribution is 5.92. The van der Waals surface area contributed by atoms with Crippen molar-refractivity contribution in [3.63, 3.8) is 0 Å². The summed E-state index contributed by atoms with van der Waals surface area (Å²) >= 11 is 0. The molecule has 1 fully saturated rings. The van der Waals surface area contributed by atoms with Crippen LogP contribution in [0.15, 0.2) is 61.2 Å². The van der Waals surface area contributed by atoms with Crippen LogP contribution in [0.1, 0.15) is 111 Å². The van der Waals surface area contributed by atoms with E-state index in [1.807, 2.05) is 6.08 Å². The molecule has 0 saturated heterocycles. The third-order valence-corrected chi connectivity index (χ3v) is 7.25. The summed E-state index contributed by atoms with van der Waals surface area (Å²) in [4.78, 5) is 25.1. The molecule has 0 amide bonds. The van der Waals surface area contributed by atoms with E-state index in [-0.39, 0.29) is 12.1 Å². The average molecular weight is 521 g/mol. The smallest absolute Gasteiger partial charge is 0.343 e. The maximum absolute atomic E-state index is 12.6. The first-order valence-corrected chi connectivity index (χ1v) is 14.5. The molecule has 0 aliphatic heterocycles. The zero-order chi connectivity index (χ0) is 27.0. The highest BCUT2D eigenvalue weighted by Crippen LogP contribution is 2.30. The molecule has 0 unspecified atom stereocenters. The second-order valence-corrected chi connectivity index (χ2v) is 10.3. The van der Waals surface area contributed by atoms with Gasteiger partial charge >= 0.3 is 11.9 Å². The van der Waals surface area contributed by atoms with Crippen LogP contribution in [0.5, 0.6) is 11.5 Å². The van der Waals surface area contributed by atoms with E-state index < -0.39 is 5.97 Å². The molecule has 0 aromatic heterocycles. The SMILES string of the molecule is C=CCCCC1CCC(OC(=O)c2ccc(OC(=O)c3ccc(OCCCCCCCC)cc3)cc2)CC1. The van der Waals surface area contributed by atoms with Crippen LogP contribution in [0, 0.1) is 5.92 Å². The molecular weight excluding hydrogens is 476 g/mol. The fraction of sp³-hybridized carbons (Fsp3) is 0.515. The van der Waals surface area contributed by atoms with E-state index in [1.165, 1.54) is 44.9 Å². The van der Waals surface area contributed by atoms with Crippen LogP contribution in [0.4, 0.5) is 0 Å². The number of ether oxygens (including phenoxy) is 3. The van der Waals surface area contributed by atoms with Crippen LogP contribution < -0.4 is 9.47 Å². The van der Waals surface area contributed by atoms with Gasteiger partial charge < -0.3 is 14.2 Å². The van der Waals surface area contributed by atoms with Crippen molar-refractivity contribution in [2.75, 3.05) is 6.61 Å². The van der Waals surface area contributed by atoms with Gasteiger partial charge in [0.15, 0.2) is 0 Å². The number of allylic oxidation sites excluding steroid dienone is 1. The van der Waals surface area contributed by atoms with Gasteiger partial charge in [-0.25, -0.2) is 9.59 Å². The molecule has 2 aromatic rings. The minimum absolute atomic E-state index is 0.0200. The summed E-state index contributed by atoms with van der Waals surface area (Å²) in [7, 11) is 0. The van der Waals surface area contributed by atoms with Gasteiger partial charge in [-0.2, -0.15) is 0 Å². The molecule has 1 aliphatic carbocycles. The van der Waals surface area contributed by atoms with Crippen molar-refractivity contribution in [1.82, 2.24) is 0 Å². The molecule has 0 heterocycles. The summed E-state index contributed by atoms with van der Waals surface area (Å²) in [6, 6.07) is 13.5. The molecule has 38 heavy (non-hydrogen) atoms. The Bertz CT molecular complexity index is 971. The molecule has 0 bridgehead atoms. The maximum atomic E-state index is 12.6. The van der Waals surface area contributed by atoms with Crippen LogP contribution >= 0.6 is 0 Å². The summed E-state index contributed by atoms with van der Waals surface area (Å²) < 4.78 is 17.0. The van der Waals surface area contributed by atoms with Crippen molar-refractivity contribution in [2.24, 2.45) is 5.92 Å². The van der Waals surface area contributed by atoms with E-state index in [4.69, 9.17) is 14.2 Å². The fourth-order valence-electron chi connectivity index (χ4n) is 4.89. The lowest BCUT2D eigenvalue weighted by molar-refractivity contribution is 0.0161. The molecule has 3 rings (SSSR count). The average Bonchev–Trinajstić information content (AvgIpc) is 2.94. The number of hydrogen-bond donors (Lipinski definition) is 0. The van der Waals surface area contributed by atoms with Crippen LogP contribution in [0.25, 0.3) is 0 Å². The summed E-state index contributed by atoms with van der Waals surface area (Å²) in [6.45, 7) is 6.69. The number of unbranched alkanes of at least 4 members (excludes halogenated alkanes) is 6. The second kappa shape index (κ2) is 16.7. The fourth-order valence-corrected chi connectivity index (χ4v) is 4.89. The van der Waals surface area contributed by atoms with Crippen LogP contribution in [-0.4, -0.2) is 24.6 Å². The minimum atomic E-state index is -0.451. The van der Waals surface area contributed by atoms with Gasteiger partial charge in [0.1, 0.15) is 17.6 Å². The van der Waals surface area contributed by atoms with E-state index in [0.717, 1.165) is 50.2 Å². The van der Waals surface area contributed by atoms with Gasteiger partial charge in [0, 0.05) is 0 Å². The van der Waals surface area contributed by atoms with Crippen molar-refractivity contribution in [1.29, 1.82) is 0 Å². The molecular formula is C33H44O5. The monoisotopic (exact) mass is 520 g/mol. The highest BCUT2D eigenvalue weighted by Gasteiger charge is 2.24. The third-order valence-electron chi connectivity index (χ3n) is 7.25. The first-order chi connectivity index (χ1) is 18.6. The van der Waals surface area contributed by atoms with Crippen molar-refractivity contribution >= 4 is 11.9 Å². The number of benzene rings is 2. The Kier molecular flexibility index (Phi) is 13.0. The number of rotatable bonds is 16. The Morgan fingerprint density at radius 1 is 0.789 bits per heavy atom. The second-order valence-electron chi connectivity index (χ2n) is 10.3. The van der Waals surface area contributed by atoms with Crippen molar-refractivity contribution in [2.45, 2.75) is 96.5 Å². The zero-order valence-electron chi connectivity index (χ0n) is 23.0. The molecule has 5 nitrogen and oxygen atoms in total. The van der Waals surface area contributed by atoms with Gasteiger partial charge in [-0.15, -0.1) is 6.58 Å². The number of carbonyl (C=O) groups excluding carboxylic acids is 2. The Morgan fingerprint density at radius 3 is 2.05 bits per heavy atom. The summed E-state index contributed by atoms with van der Waals surface area (Å²) in [6.07, 6.45) is 16.8. The van der Waals surface area contributed by atoms with Gasteiger partial charge in [0.2, 0.25) is 0 Å². The molecule has 0 radical (unpaired) electrons. The van der Waals surface area contributed by atoms with Crippen molar-refractivity contribution in [3.8, 4) is 11.5 Å². The molecule has 0 spiro atoms. The van der Waals surface area contributed by atoms with Crippen molar-refractivity contribution in [3.05, 3.63) is 72.3 Å². The number of hydrogen-bond acceptors (Lipinski definition) is 5. The van der Waals surface area contributed by atoms with Crippen LogP contribution in [0.2, 0.25) is 0 Å². The van der Waals surface area contributed by atoms with E-state index in [9.17, 15) is 9.59 Å². The predicted molar refractivity (Wildman–Crippen MR) is 152 cm³/mol. The normalized spacial score (nSPS) is 17.0. The molecule has 2 aromatic carbocycles. The van der Waals surface area contributed by atoms with E-state index in [1.54, 1.807) is 48.5 Å². The summed E-state index contributed by atoms with van der Waals surface area (Å²) in [5.74, 6) is 1.09. The molecule has 5 heteroatoms. The first kappa shape index (κ1) is 29.5. The Hall–Kier alpha value is -3.08. The minimum Gasteiger partial charge on any atom is -0.494 e. The maximum Gasteiger partial charge on any atom is 0.343 e. The highest BCUT2D eigenvalue weighted by atomic mass is 16.5. The summed E-state index contributed by atoms with van der Waals surface area (Å²) in [5.41, 5.74) is 0.908. The Labute approximate surface area is 228 Å². The van der Waals surface area contributed by atoms with Crippen molar-refractivity contribution < 1.29 is 23.8 Å². The molecule has 0 atom stereocenters. The van der Waals surface area contributed by atoms with E-state index >= 15 is 0 Å². The third kappa shape index (κ3) is 10.4. The predicted octanol–water partition coefficient (Wildman–Crippen LogP) is 8.72.